The Morgan fingerprint density at radius 1 is 1.28 bits per heavy atom. The van der Waals surface area contributed by atoms with Gasteiger partial charge in [0.05, 0.1) is 16.5 Å². The Morgan fingerprint density at radius 2 is 1.89 bits per heavy atom. The van der Waals surface area contributed by atoms with E-state index in [1.54, 1.807) is 18.2 Å². The van der Waals surface area contributed by atoms with Gasteiger partial charge in [0.2, 0.25) is 0 Å². The second-order valence-corrected chi connectivity index (χ2v) is 5.97. The molecule has 98 valence electrons. The van der Waals surface area contributed by atoms with E-state index in [0.717, 1.165) is 0 Å². The highest BCUT2D eigenvalue weighted by Gasteiger charge is 2.13. The zero-order valence-electron chi connectivity index (χ0n) is 9.54. The van der Waals surface area contributed by atoms with Crippen LogP contribution in [0.5, 0.6) is 0 Å². The molecule has 6 heteroatoms. The SMILES string of the molecule is O=C(O)C(=CCCS(=O)(=O)c1ccccc1)CCl. The molecule has 0 bridgehead atoms. The predicted octanol–water partition coefficient (Wildman–Crippen LogP) is 2.10. The number of carboxylic acids is 1. The summed E-state index contributed by atoms with van der Waals surface area (Å²) in [5.41, 5.74) is 0.0138. The highest BCUT2D eigenvalue weighted by molar-refractivity contribution is 7.91. The Bertz CT molecular complexity index is 534. The number of halogens is 1. The van der Waals surface area contributed by atoms with Crippen LogP contribution in [0.1, 0.15) is 6.42 Å². The van der Waals surface area contributed by atoms with Gasteiger partial charge in [0.25, 0.3) is 0 Å². The first kappa shape index (κ1) is 14.7. The van der Waals surface area contributed by atoms with Crippen molar-refractivity contribution in [2.75, 3.05) is 11.6 Å². The van der Waals surface area contributed by atoms with Gasteiger partial charge in [0.15, 0.2) is 9.84 Å². The summed E-state index contributed by atoms with van der Waals surface area (Å²) >= 11 is 5.43. The standard InChI is InChI=1S/C12H13ClO4S/c13-9-10(12(14)15)5-4-8-18(16,17)11-6-2-1-3-7-11/h1-3,5-7H,4,8-9H2,(H,14,15). The molecule has 0 aliphatic heterocycles. The smallest absolute Gasteiger partial charge is 0.332 e. The van der Waals surface area contributed by atoms with Crippen LogP contribution in [-0.2, 0) is 14.6 Å². The lowest BCUT2D eigenvalue weighted by atomic mass is 10.2. The lowest BCUT2D eigenvalue weighted by molar-refractivity contribution is -0.132. The second kappa shape index (κ2) is 6.56. The molecule has 0 unspecified atom stereocenters. The van der Waals surface area contributed by atoms with Gasteiger partial charge in [-0.05, 0) is 18.6 Å². The van der Waals surface area contributed by atoms with Crippen LogP contribution in [0.4, 0.5) is 0 Å². The zero-order chi connectivity index (χ0) is 13.6. The van der Waals surface area contributed by atoms with Gasteiger partial charge in [-0.3, -0.25) is 0 Å². The number of hydrogen-bond acceptors (Lipinski definition) is 3. The molecule has 0 amide bonds. The molecule has 1 aromatic carbocycles. The van der Waals surface area contributed by atoms with Crippen molar-refractivity contribution in [3.63, 3.8) is 0 Å². The lowest BCUT2D eigenvalue weighted by Gasteiger charge is -2.02. The minimum Gasteiger partial charge on any atom is -0.478 e. The van der Waals surface area contributed by atoms with Crippen molar-refractivity contribution in [2.24, 2.45) is 0 Å². The second-order valence-electron chi connectivity index (χ2n) is 3.59. The normalized spacial score (nSPS) is 12.4. The van der Waals surface area contributed by atoms with Crippen LogP contribution in [0.2, 0.25) is 0 Å². The van der Waals surface area contributed by atoms with Gasteiger partial charge >= 0.3 is 5.97 Å². The number of carboxylic acid groups (broad SMARTS) is 1. The van der Waals surface area contributed by atoms with E-state index >= 15 is 0 Å². The molecule has 0 radical (unpaired) electrons. The molecule has 18 heavy (non-hydrogen) atoms. The number of allylic oxidation sites excluding steroid dienone is 1. The Labute approximate surface area is 111 Å². The highest BCUT2D eigenvalue weighted by atomic mass is 35.5. The minimum atomic E-state index is -3.37. The predicted molar refractivity (Wildman–Crippen MR) is 69.6 cm³/mol. The molecule has 0 spiro atoms. The maximum absolute atomic E-state index is 11.9. The van der Waals surface area contributed by atoms with Gasteiger partial charge in [-0.2, -0.15) is 0 Å². The molecule has 0 aliphatic rings. The lowest BCUT2D eigenvalue weighted by Crippen LogP contribution is -2.07. The van der Waals surface area contributed by atoms with E-state index in [9.17, 15) is 13.2 Å². The summed E-state index contributed by atoms with van der Waals surface area (Å²) in [4.78, 5) is 10.9. The van der Waals surface area contributed by atoms with Crippen molar-refractivity contribution in [1.29, 1.82) is 0 Å². The first-order chi connectivity index (χ1) is 8.47. The van der Waals surface area contributed by atoms with Gasteiger partial charge in [0.1, 0.15) is 0 Å². The third kappa shape index (κ3) is 4.16. The van der Waals surface area contributed by atoms with Crippen molar-refractivity contribution < 1.29 is 18.3 Å². The number of rotatable bonds is 6. The molecule has 0 atom stereocenters. The van der Waals surface area contributed by atoms with Crippen LogP contribution < -0.4 is 0 Å². The van der Waals surface area contributed by atoms with E-state index in [1.807, 2.05) is 0 Å². The molecule has 0 aliphatic carbocycles. The third-order valence-electron chi connectivity index (χ3n) is 2.30. The molecule has 1 N–H and O–H groups in total. The molecular formula is C12H13ClO4S. The Balaban J connectivity index is 2.72. The molecule has 0 heterocycles. The summed E-state index contributed by atoms with van der Waals surface area (Å²) in [5, 5.41) is 8.72. The first-order valence-corrected chi connectivity index (χ1v) is 7.42. The number of carbonyl (C=O) groups is 1. The average molecular weight is 289 g/mol. The average Bonchev–Trinajstić information content (AvgIpc) is 2.35. The summed E-state index contributed by atoms with van der Waals surface area (Å²) in [7, 11) is -3.37. The quantitative estimate of drug-likeness (QED) is 0.643. The fourth-order valence-corrected chi connectivity index (χ4v) is 2.79. The van der Waals surface area contributed by atoms with Gasteiger partial charge in [-0.25, -0.2) is 13.2 Å². The van der Waals surface area contributed by atoms with Gasteiger partial charge in [-0.1, -0.05) is 24.3 Å². The van der Waals surface area contributed by atoms with E-state index in [1.165, 1.54) is 18.2 Å². The van der Waals surface area contributed by atoms with Crippen LogP contribution in [0, 0.1) is 0 Å². The van der Waals surface area contributed by atoms with E-state index in [2.05, 4.69) is 0 Å². The minimum absolute atomic E-state index is 0.0138. The van der Waals surface area contributed by atoms with E-state index in [-0.39, 0.29) is 28.5 Å². The largest absolute Gasteiger partial charge is 0.478 e. The monoisotopic (exact) mass is 288 g/mol. The fourth-order valence-electron chi connectivity index (χ4n) is 1.33. The number of hydrogen-bond donors (Lipinski definition) is 1. The summed E-state index contributed by atoms with van der Waals surface area (Å²) < 4.78 is 23.7. The van der Waals surface area contributed by atoms with Gasteiger partial charge < -0.3 is 5.11 Å². The van der Waals surface area contributed by atoms with Crippen molar-refractivity contribution in [1.82, 2.24) is 0 Å². The fraction of sp³-hybridized carbons (Fsp3) is 0.250. The Hall–Kier alpha value is -1.33. The zero-order valence-corrected chi connectivity index (χ0v) is 11.1. The third-order valence-corrected chi connectivity index (χ3v) is 4.35. The van der Waals surface area contributed by atoms with Crippen molar-refractivity contribution in [3.05, 3.63) is 42.0 Å². The van der Waals surface area contributed by atoms with Gasteiger partial charge in [0, 0.05) is 5.57 Å². The Morgan fingerprint density at radius 3 is 2.39 bits per heavy atom. The van der Waals surface area contributed by atoms with Crippen molar-refractivity contribution >= 4 is 27.4 Å². The van der Waals surface area contributed by atoms with E-state index < -0.39 is 15.8 Å². The molecule has 4 nitrogen and oxygen atoms in total. The maximum Gasteiger partial charge on any atom is 0.332 e. The molecule has 0 saturated carbocycles. The molecular weight excluding hydrogens is 276 g/mol. The van der Waals surface area contributed by atoms with Crippen LogP contribution in [-0.4, -0.2) is 31.1 Å². The number of aliphatic carboxylic acids is 1. The molecule has 1 aromatic rings. The first-order valence-electron chi connectivity index (χ1n) is 5.23. The van der Waals surface area contributed by atoms with E-state index in [0.29, 0.717) is 0 Å². The van der Waals surface area contributed by atoms with Crippen LogP contribution >= 0.6 is 11.6 Å². The van der Waals surface area contributed by atoms with Crippen LogP contribution in [0.15, 0.2) is 46.9 Å². The number of alkyl halides is 1. The number of benzene rings is 1. The number of sulfone groups is 1. The topological polar surface area (TPSA) is 71.4 Å². The molecule has 0 fully saturated rings. The molecule has 0 aromatic heterocycles. The van der Waals surface area contributed by atoms with Crippen molar-refractivity contribution in [3.8, 4) is 0 Å². The molecule has 0 saturated heterocycles. The summed E-state index contributed by atoms with van der Waals surface area (Å²) in [6, 6.07) is 8.04. The maximum atomic E-state index is 11.9. The van der Waals surface area contributed by atoms with Crippen LogP contribution in [0.3, 0.4) is 0 Å². The summed E-state index contributed by atoms with van der Waals surface area (Å²) in [6.07, 6.45) is 1.47. The van der Waals surface area contributed by atoms with Crippen molar-refractivity contribution in [2.45, 2.75) is 11.3 Å². The Kier molecular flexibility index (Phi) is 5.37. The van der Waals surface area contributed by atoms with E-state index in [4.69, 9.17) is 16.7 Å². The highest BCUT2D eigenvalue weighted by Crippen LogP contribution is 2.12. The van der Waals surface area contributed by atoms with Crippen LogP contribution in [0.25, 0.3) is 0 Å². The molecule has 1 rings (SSSR count). The summed E-state index contributed by atoms with van der Waals surface area (Å²) in [6.45, 7) is 0. The van der Waals surface area contributed by atoms with Gasteiger partial charge in [-0.15, -0.1) is 11.6 Å². The summed E-state index contributed by atoms with van der Waals surface area (Å²) in [5.74, 6) is -1.40.